The number of hydrogen-bond donors (Lipinski definition) is 0. The number of pyridine rings is 1. The molecule has 5 heteroatoms. The van der Waals surface area contributed by atoms with Gasteiger partial charge in [-0.3, -0.25) is 4.98 Å². The molecule has 0 saturated heterocycles. The van der Waals surface area contributed by atoms with Crippen molar-refractivity contribution in [3.63, 3.8) is 0 Å². The minimum atomic E-state index is 0.572. The Morgan fingerprint density at radius 3 is 3.00 bits per heavy atom. The zero-order valence-corrected chi connectivity index (χ0v) is 11.6. The topological polar surface area (TPSA) is 38.7 Å². The molecule has 3 aromatic heterocycles. The van der Waals surface area contributed by atoms with Crippen LogP contribution in [0.3, 0.4) is 0 Å². The van der Waals surface area contributed by atoms with Crippen molar-refractivity contribution >= 4 is 33.2 Å². The van der Waals surface area contributed by atoms with Crippen molar-refractivity contribution in [2.45, 2.75) is 19.3 Å². The van der Waals surface area contributed by atoms with Crippen LogP contribution >= 0.6 is 22.9 Å². The van der Waals surface area contributed by atoms with Gasteiger partial charge in [0.2, 0.25) is 0 Å². The molecule has 0 aromatic carbocycles. The smallest absolute Gasteiger partial charge is 0.164 e. The van der Waals surface area contributed by atoms with Gasteiger partial charge in [0, 0.05) is 22.8 Å². The van der Waals surface area contributed by atoms with E-state index in [0.717, 1.165) is 28.6 Å². The fraction of sp³-hybridized carbons (Fsp3) is 0.214. The quantitative estimate of drug-likeness (QED) is 0.637. The van der Waals surface area contributed by atoms with Gasteiger partial charge in [-0.05, 0) is 37.0 Å². The van der Waals surface area contributed by atoms with Crippen molar-refractivity contribution in [2.24, 2.45) is 0 Å². The van der Waals surface area contributed by atoms with Crippen molar-refractivity contribution in [3.05, 3.63) is 40.1 Å². The molecule has 4 rings (SSSR count). The highest BCUT2D eigenvalue weighted by Gasteiger charge is 2.21. The summed E-state index contributed by atoms with van der Waals surface area (Å²) in [5, 5.41) is 1.63. The molecule has 0 bridgehead atoms. The molecule has 3 heterocycles. The summed E-state index contributed by atoms with van der Waals surface area (Å²) in [6, 6.07) is 3.83. The first kappa shape index (κ1) is 11.3. The zero-order valence-electron chi connectivity index (χ0n) is 10.1. The summed E-state index contributed by atoms with van der Waals surface area (Å²) in [4.78, 5) is 15.6. The van der Waals surface area contributed by atoms with Crippen LogP contribution in [0, 0.1) is 0 Å². The van der Waals surface area contributed by atoms with E-state index in [1.165, 1.54) is 16.9 Å². The molecule has 19 heavy (non-hydrogen) atoms. The predicted molar refractivity (Wildman–Crippen MR) is 77.7 cm³/mol. The third-order valence-electron chi connectivity index (χ3n) is 3.44. The van der Waals surface area contributed by atoms with Crippen molar-refractivity contribution in [2.75, 3.05) is 0 Å². The van der Waals surface area contributed by atoms with Crippen molar-refractivity contribution < 1.29 is 0 Å². The van der Waals surface area contributed by atoms with Crippen LogP contribution in [-0.2, 0) is 12.8 Å². The summed E-state index contributed by atoms with van der Waals surface area (Å²) in [5.74, 6) is 0.658. The molecule has 0 atom stereocenters. The van der Waals surface area contributed by atoms with E-state index in [9.17, 15) is 0 Å². The van der Waals surface area contributed by atoms with E-state index < -0.39 is 0 Å². The highest BCUT2D eigenvalue weighted by Crippen LogP contribution is 2.39. The van der Waals surface area contributed by atoms with Crippen LogP contribution in [0.4, 0.5) is 0 Å². The van der Waals surface area contributed by atoms with Crippen molar-refractivity contribution in [3.8, 4) is 11.4 Å². The Hall–Kier alpha value is -1.52. The zero-order chi connectivity index (χ0) is 12.8. The largest absolute Gasteiger partial charge is 0.264 e. The molecule has 0 radical (unpaired) electrons. The second kappa shape index (κ2) is 4.25. The van der Waals surface area contributed by atoms with Crippen LogP contribution in [0.25, 0.3) is 21.6 Å². The lowest BCUT2D eigenvalue weighted by atomic mass is 10.2. The molecule has 0 N–H and O–H groups in total. The van der Waals surface area contributed by atoms with Gasteiger partial charge in [-0.1, -0.05) is 11.6 Å². The number of thiophene rings is 1. The summed E-state index contributed by atoms with van der Waals surface area (Å²) in [6.45, 7) is 0. The minimum Gasteiger partial charge on any atom is -0.264 e. The van der Waals surface area contributed by atoms with Gasteiger partial charge in [-0.15, -0.1) is 11.3 Å². The number of nitrogens with zero attached hydrogens (tertiary/aromatic N) is 3. The Morgan fingerprint density at radius 2 is 2.16 bits per heavy atom. The van der Waals surface area contributed by atoms with Gasteiger partial charge >= 0.3 is 0 Å². The van der Waals surface area contributed by atoms with Gasteiger partial charge in [0.15, 0.2) is 5.82 Å². The molecule has 1 aliphatic rings. The second-order valence-corrected chi connectivity index (χ2v) is 6.06. The van der Waals surface area contributed by atoms with Crippen LogP contribution in [0.5, 0.6) is 0 Å². The first-order chi connectivity index (χ1) is 9.33. The molecule has 0 spiro atoms. The van der Waals surface area contributed by atoms with Gasteiger partial charge in [0.1, 0.15) is 9.98 Å². The minimum absolute atomic E-state index is 0.572. The Balaban J connectivity index is 1.97. The first-order valence-corrected chi connectivity index (χ1v) is 7.40. The Kier molecular flexibility index (Phi) is 2.53. The summed E-state index contributed by atoms with van der Waals surface area (Å²) in [6.07, 6.45) is 6.97. The summed E-state index contributed by atoms with van der Waals surface area (Å²) in [5.41, 5.74) is 2.27. The highest BCUT2D eigenvalue weighted by molar-refractivity contribution is 7.19. The molecule has 0 unspecified atom stereocenters. The lowest BCUT2D eigenvalue weighted by molar-refractivity contribution is 0.917. The maximum absolute atomic E-state index is 6.37. The molecule has 94 valence electrons. The van der Waals surface area contributed by atoms with Gasteiger partial charge in [0.05, 0.1) is 5.39 Å². The van der Waals surface area contributed by atoms with E-state index in [0.29, 0.717) is 11.0 Å². The molecule has 0 aliphatic heterocycles. The summed E-state index contributed by atoms with van der Waals surface area (Å²) >= 11 is 8.13. The average Bonchev–Trinajstić information content (AvgIpc) is 2.99. The molecule has 1 aliphatic carbocycles. The van der Waals surface area contributed by atoms with Crippen LogP contribution in [0.1, 0.15) is 16.9 Å². The van der Waals surface area contributed by atoms with Crippen LogP contribution in [0.2, 0.25) is 5.15 Å². The van der Waals surface area contributed by atoms with Gasteiger partial charge in [-0.25, -0.2) is 9.97 Å². The number of fused-ring (bicyclic) bond motifs is 3. The van der Waals surface area contributed by atoms with E-state index in [1.54, 1.807) is 23.7 Å². The third kappa shape index (κ3) is 1.75. The molecule has 0 amide bonds. The number of rotatable bonds is 1. The van der Waals surface area contributed by atoms with E-state index in [1.807, 2.05) is 12.1 Å². The maximum atomic E-state index is 6.37. The van der Waals surface area contributed by atoms with Crippen molar-refractivity contribution in [1.29, 1.82) is 0 Å². The van der Waals surface area contributed by atoms with E-state index in [4.69, 9.17) is 11.6 Å². The molecule has 0 fully saturated rings. The number of hydrogen-bond acceptors (Lipinski definition) is 4. The van der Waals surface area contributed by atoms with Gasteiger partial charge in [0.25, 0.3) is 0 Å². The van der Waals surface area contributed by atoms with E-state index in [-0.39, 0.29) is 0 Å². The van der Waals surface area contributed by atoms with Crippen LogP contribution < -0.4 is 0 Å². The number of aryl methyl sites for hydroxylation is 2. The first-order valence-electron chi connectivity index (χ1n) is 6.21. The Labute approximate surface area is 119 Å². The van der Waals surface area contributed by atoms with Gasteiger partial charge in [-0.2, -0.15) is 0 Å². The van der Waals surface area contributed by atoms with E-state index >= 15 is 0 Å². The summed E-state index contributed by atoms with van der Waals surface area (Å²) < 4.78 is 0. The van der Waals surface area contributed by atoms with Crippen LogP contribution in [-0.4, -0.2) is 15.0 Å². The Morgan fingerprint density at radius 1 is 1.21 bits per heavy atom. The summed E-state index contributed by atoms with van der Waals surface area (Å²) in [7, 11) is 0. The predicted octanol–water partition coefficient (Wildman–Crippen LogP) is 3.90. The fourth-order valence-electron chi connectivity index (χ4n) is 2.58. The molecule has 0 saturated carbocycles. The standard InChI is InChI=1S/C14H10ClN3S/c15-12-11-9-4-1-5-10(9)19-14(11)18-13(17-12)8-3-2-6-16-7-8/h2-3,6-7H,1,4-5H2. The average molecular weight is 288 g/mol. The molecular formula is C14H10ClN3S. The van der Waals surface area contributed by atoms with Crippen LogP contribution in [0.15, 0.2) is 24.5 Å². The molecule has 3 aromatic rings. The monoisotopic (exact) mass is 287 g/mol. The molecular weight excluding hydrogens is 278 g/mol. The maximum Gasteiger partial charge on any atom is 0.164 e. The Bertz CT molecular complexity index is 767. The lowest BCUT2D eigenvalue weighted by Gasteiger charge is -2.02. The molecule has 3 nitrogen and oxygen atoms in total. The number of halogens is 1. The van der Waals surface area contributed by atoms with Crippen molar-refractivity contribution in [1.82, 2.24) is 15.0 Å². The lowest BCUT2D eigenvalue weighted by Crippen LogP contribution is -1.91. The highest BCUT2D eigenvalue weighted by atomic mass is 35.5. The second-order valence-electron chi connectivity index (χ2n) is 4.62. The fourth-order valence-corrected chi connectivity index (χ4v) is 4.18. The number of aromatic nitrogens is 3. The van der Waals surface area contributed by atoms with E-state index in [2.05, 4.69) is 15.0 Å². The normalized spacial score (nSPS) is 13.9. The SMILES string of the molecule is Clc1nc(-c2cccnc2)nc2sc3c(c12)CCC3. The third-order valence-corrected chi connectivity index (χ3v) is 4.90. The van der Waals surface area contributed by atoms with Gasteiger partial charge < -0.3 is 0 Å².